The smallest absolute Gasteiger partial charge is 0.0348 e. The fraction of sp³-hybridized carbons (Fsp3) is 0. The number of hydrogen-bond acceptors (Lipinski definition) is 2. The summed E-state index contributed by atoms with van der Waals surface area (Å²) in [6.07, 6.45) is 4.57. The van der Waals surface area contributed by atoms with Crippen molar-refractivity contribution in [3.8, 4) is 11.1 Å². The standard InChI is InChI=1S/C36H26S2/c1-3-9-31(10-4-1)33(35-13-7-23-37-35)25-27-15-19-29(20-16-27)30-21-17-28(18-22-30)26-34(36-14-8-24-38-36)32-11-5-2-6-12-32/h1-26H. The second-order valence-corrected chi connectivity index (χ2v) is 10.9. The van der Waals surface area contributed by atoms with E-state index < -0.39 is 0 Å². The molecule has 0 aliphatic rings. The van der Waals surface area contributed by atoms with Gasteiger partial charge in [0, 0.05) is 9.75 Å². The second-order valence-electron chi connectivity index (χ2n) is 9.05. The molecule has 0 spiro atoms. The summed E-state index contributed by atoms with van der Waals surface area (Å²) in [5, 5.41) is 4.27. The maximum absolute atomic E-state index is 2.29. The summed E-state index contributed by atoms with van der Waals surface area (Å²) in [5.74, 6) is 0. The Labute approximate surface area is 232 Å². The highest BCUT2D eigenvalue weighted by atomic mass is 32.1. The topological polar surface area (TPSA) is 0 Å². The minimum atomic E-state index is 1.20. The maximum atomic E-state index is 2.29. The van der Waals surface area contributed by atoms with Gasteiger partial charge in [0.05, 0.1) is 0 Å². The number of rotatable bonds is 7. The van der Waals surface area contributed by atoms with Crippen LogP contribution in [0.5, 0.6) is 0 Å². The summed E-state index contributed by atoms with van der Waals surface area (Å²) in [5.41, 5.74) is 9.82. The highest BCUT2D eigenvalue weighted by Crippen LogP contribution is 2.32. The number of hydrogen-bond donors (Lipinski definition) is 0. The third kappa shape index (κ3) is 5.52. The molecular formula is C36H26S2. The monoisotopic (exact) mass is 522 g/mol. The van der Waals surface area contributed by atoms with Crippen LogP contribution in [-0.2, 0) is 0 Å². The molecule has 0 unspecified atom stereocenters. The van der Waals surface area contributed by atoms with Crippen molar-refractivity contribution in [3.63, 3.8) is 0 Å². The fourth-order valence-corrected chi connectivity index (χ4v) is 6.10. The molecule has 0 N–H and O–H groups in total. The molecule has 0 radical (unpaired) electrons. The predicted molar refractivity (Wildman–Crippen MR) is 167 cm³/mol. The Morgan fingerprint density at radius 1 is 0.395 bits per heavy atom. The molecule has 0 saturated heterocycles. The van der Waals surface area contributed by atoms with Gasteiger partial charge in [-0.25, -0.2) is 0 Å². The van der Waals surface area contributed by atoms with Crippen LogP contribution >= 0.6 is 22.7 Å². The zero-order valence-corrected chi connectivity index (χ0v) is 22.5. The van der Waals surface area contributed by atoms with Gasteiger partial charge in [-0.15, -0.1) is 22.7 Å². The van der Waals surface area contributed by atoms with E-state index in [1.165, 1.54) is 54.3 Å². The minimum Gasteiger partial charge on any atom is -0.144 e. The normalized spacial score (nSPS) is 12.0. The Morgan fingerprint density at radius 2 is 0.789 bits per heavy atom. The van der Waals surface area contributed by atoms with Gasteiger partial charge in [-0.05, 0) is 79.6 Å². The molecule has 4 aromatic carbocycles. The molecule has 6 aromatic rings. The SMILES string of the molecule is C(=C(c1ccccc1)c1cccs1)c1ccc(-c2ccc(C=C(c3ccccc3)c3cccs3)cc2)cc1. The lowest BCUT2D eigenvalue weighted by molar-refractivity contribution is 1.57. The van der Waals surface area contributed by atoms with Crippen LogP contribution in [0.3, 0.4) is 0 Å². The molecule has 38 heavy (non-hydrogen) atoms. The van der Waals surface area contributed by atoms with Crippen molar-refractivity contribution in [2.75, 3.05) is 0 Å². The van der Waals surface area contributed by atoms with Crippen LogP contribution < -0.4 is 0 Å². The minimum absolute atomic E-state index is 1.20. The van der Waals surface area contributed by atoms with E-state index in [9.17, 15) is 0 Å². The summed E-state index contributed by atoms with van der Waals surface area (Å²) in [6, 6.07) is 47.6. The molecule has 0 aliphatic carbocycles. The van der Waals surface area contributed by atoms with E-state index in [4.69, 9.17) is 0 Å². The van der Waals surface area contributed by atoms with Crippen LogP contribution in [0.1, 0.15) is 32.0 Å². The van der Waals surface area contributed by atoms with Gasteiger partial charge in [-0.1, -0.05) is 121 Å². The Kier molecular flexibility index (Phi) is 7.26. The Bertz CT molecular complexity index is 1510. The largest absolute Gasteiger partial charge is 0.144 e. The van der Waals surface area contributed by atoms with E-state index >= 15 is 0 Å². The summed E-state index contributed by atoms with van der Waals surface area (Å²) in [4.78, 5) is 2.56. The van der Waals surface area contributed by atoms with E-state index in [2.05, 4.69) is 156 Å². The van der Waals surface area contributed by atoms with E-state index in [0.29, 0.717) is 0 Å². The van der Waals surface area contributed by atoms with Crippen LogP contribution in [0.25, 0.3) is 34.4 Å². The first-order valence-electron chi connectivity index (χ1n) is 12.7. The maximum Gasteiger partial charge on any atom is 0.0348 e. The molecule has 2 heterocycles. The molecule has 6 rings (SSSR count). The summed E-state index contributed by atoms with van der Waals surface area (Å²) < 4.78 is 0. The van der Waals surface area contributed by atoms with Gasteiger partial charge in [0.2, 0.25) is 0 Å². The van der Waals surface area contributed by atoms with E-state index in [1.54, 1.807) is 22.7 Å². The van der Waals surface area contributed by atoms with Crippen molar-refractivity contribution in [1.82, 2.24) is 0 Å². The first-order valence-corrected chi connectivity index (χ1v) is 14.4. The Hall–Kier alpha value is -4.24. The van der Waals surface area contributed by atoms with Crippen molar-refractivity contribution >= 4 is 46.0 Å². The van der Waals surface area contributed by atoms with Crippen LogP contribution in [0, 0.1) is 0 Å². The van der Waals surface area contributed by atoms with Gasteiger partial charge in [0.1, 0.15) is 0 Å². The molecule has 0 aliphatic heterocycles. The number of benzene rings is 4. The molecule has 0 atom stereocenters. The van der Waals surface area contributed by atoms with Gasteiger partial charge < -0.3 is 0 Å². The van der Waals surface area contributed by atoms with Crippen LogP contribution in [-0.4, -0.2) is 0 Å². The Balaban J connectivity index is 1.27. The van der Waals surface area contributed by atoms with E-state index in [1.807, 2.05) is 0 Å². The lowest BCUT2D eigenvalue weighted by Gasteiger charge is -2.08. The van der Waals surface area contributed by atoms with E-state index in [-0.39, 0.29) is 0 Å². The molecular weight excluding hydrogens is 497 g/mol. The summed E-state index contributed by atoms with van der Waals surface area (Å²) >= 11 is 3.55. The first-order chi connectivity index (χ1) is 18.8. The van der Waals surface area contributed by atoms with Gasteiger partial charge in [0.25, 0.3) is 0 Å². The van der Waals surface area contributed by atoms with Crippen molar-refractivity contribution < 1.29 is 0 Å². The average Bonchev–Trinajstić information content (AvgIpc) is 3.72. The van der Waals surface area contributed by atoms with E-state index in [0.717, 1.165) is 0 Å². The molecule has 182 valence electrons. The summed E-state index contributed by atoms with van der Waals surface area (Å²) in [7, 11) is 0. The molecule has 0 saturated carbocycles. The third-order valence-electron chi connectivity index (χ3n) is 6.52. The van der Waals surface area contributed by atoms with Crippen molar-refractivity contribution in [2.45, 2.75) is 0 Å². The Morgan fingerprint density at radius 3 is 1.13 bits per heavy atom. The predicted octanol–water partition coefficient (Wildman–Crippen LogP) is 10.7. The fourth-order valence-electron chi connectivity index (χ4n) is 4.57. The molecule has 0 bridgehead atoms. The molecule has 2 aromatic heterocycles. The second kappa shape index (κ2) is 11.4. The average molecular weight is 523 g/mol. The molecule has 0 nitrogen and oxygen atoms in total. The lowest BCUT2D eigenvalue weighted by Crippen LogP contribution is -1.86. The van der Waals surface area contributed by atoms with Gasteiger partial charge in [-0.2, -0.15) is 0 Å². The first kappa shape index (κ1) is 24.1. The molecule has 2 heteroatoms. The van der Waals surface area contributed by atoms with Crippen molar-refractivity contribution in [1.29, 1.82) is 0 Å². The van der Waals surface area contributed by atoms with Gasteiger partial charge in [-0.3, -0.25) is 0 Å². The van der Waals surface area contributed by atoms with Gasteiger partial charge in [0.15, 0.2) is 0 Å². The zero-order chi connectivity index (χ0) is 25.6. The van der Waals surface area contributed by atoms with Crippen LogP contribution in [0.15, 0.2) is 144 Å². The van der Waals surface area contributed by atoms with Crippen LogP contribution in [0.2, 0.25) is 0 Å². The molecule has 0 fully saturated rings. The van der Waals surface area contributed by atoms with Crippen molar-refractivity contribution in [2.24, 2.45) is 0 Å². The lowest BCUT2D eigenvalue weighted by atomic mass is 9.98. The zero-order valence-electron chi connectivity index (χ0n) is 20.8. The third-order valence-corrected chi connectivity index (χ3v) is 8.33. The summed E-state index contributed by atoms with van der Waals surface area (Å²) in [6.45, 7) is 0. The molecule has 0 amide bonds. The van der Waals surface area contributed by atoms with Crippen LogP contribution in [0.4, 0.5) is 0 Å². The quantitative estimate of drug-likeness (QED) is 0.183. The highest BCUT2D eigenvalue weighted by molar-refractivity contribution is 7.11. The van der Waals surface area contributed by atoms with Crippen molar-refractivity contribution in [3.05, 3.63) is 176 Å². The highest BCUT2D eigenvalue weighted by Gasteiger charge is 2.08. The van der Waals surface area contributed by atoms with Gasteiger partial charge >= 0.3 is 0 Å². The number of thiophene rings is 2.